The summed E-state index contributed by atoms with van der Waals surface area (Å²) in [5.74, 6) is 4.37. The van der Waals surface area contributed by atoms with Crippen LogP contribution in [0.3, 0.4) is 0 Å². The first-order chi connectivity index (χ1) is 8.38. The summed E-state index contributed by atoms with van der Waals surface area (Å²) in [5, 5.41) is 0. The van der Waals surface area contributed by atoms with E-state index in [4.69, 9.17) is 4.98 Å². The van der Waals surface area contributed by atoms with Crippen molar-refractivity contribution in [2.45, 2.75) is 38.6 Å². The van der Waals surface area contributed by atoms with Gasteiger partial charge in [0.05, 0.1) is 0 Å². The Morgan fingerprint density at radius 3 is 2.67 bits per heavy atom. The summed E-state index contributed by atoms with van der Waals surface area (Å²) in [5.41, 5.74) is -0.0240. The molecule has 0 bridgehead atoms. The van der Waals surface area contributed by atoms with Gasteiger partial charge in [0.15, 0.2) is 0 Å². The maximum Gasteiger partial charge on any atom is 0.137 e. The van der Waals surface area contributed by atoms with E-state index in [1.54, 1.807) is 0 Å². The third-order valence-electron chi connectivity index (χ3n) is 3.17. The molecule has 0 aromatic carbocycles. The molecule has 1 unspecified atom stereocenters. The van der Waals surface area contributed by atoms with Crippen LogP contribution in [0.1, 0.15) is 33.0 Å². The highest BCUT2D eigenvalue weighted by atomic mass is 79.9. The van der Waals surface area contributed by atoms with Gasteiger partial charge in [-0.2, -0.15) is 11.8 Å². The Morgan fingerprint density at radius 1 is 1.39 bits per heavy atom. The number of anilines is 1. The molecule has 1 aromatic heterocycles. The molecule has 1 saturated heterocycles. The van der Waals surface area contributed by atoms with Gasteiger partial charge in [-0.25, -0.2) is 9.97 Å². The fraction of sp³-hybridized carbons (Fsp3) is 0.692. The lowest BCUT2D eigenvalue weighted by Crippen LogP contribution is -2.32. The zero-order valence-corrected chi connectivity index (χ0v) is 13.8. The second-order valence-corrected chi connectivity index (χ2v) is 7.71. The number of hydrogen-bond acceptors (Lipinski definition) is 4. The van der Waals surface area contributed by atoms with Crippen LogP contribution in [0.2, 0.25) is 0 Å². The van der Waals surface area contributed by atoms with Crippen molar-refractivity contribution in [3.63, 3.8) is 0 Å². The molecule has 0 N–H and O–H groups in total. The van der Waals surface area contributed by atoms with E-state index in [0.29, 0.717) is 6.04 Å². The number of thioether (sulfide) groups is 1. The summed E-state index contributed by atoms with van der Waals surface area (Å²) in [7, 11) is 2.14. The Labute approximate surface area is 122 Å². The van der Waals surface area contributed by atoms with Gasteiger partial charge in [-0.1, -0.05) is 20.8 Å². The fourth-order valence-electron chi connectivity index (χ4n) is 1.94. The first-order valence-electron chi connectivity index (χ1n) is 6.23. The minimum Gasteiger partial charge on any atom is -0.356 e. The summed E-state index contributed by atoms with van der Waals surface area (Å²) in [6.07, 6.45) is 1.24. The largest absolute Gasteiger partial charge is 0.356 e. The Morgan fingerprint density at radius 2 is 2.11 bits per heavy atom. The summed E-state index contributed by atoms with van der Waals surface area (Å²) in [4.78, 5) is 11.5. The van der Waals surface area contributed by atoms with Crippen LogP contribution in [0.4, 0.5) is 5.82 Å². The van der Waals surface area contributed by atoms with E-state index < -0.39 is 0 Å². The predicted molar refractivity (Wildman–Crippen MR) is 82.6 cm³/mol. The van der Waals surface area contributed by atoms with E-state index >= 15 is 0 Å². The van der Waals surface area contributed by atoms with Crippen molar-refractivity contribution >= 4 is 33.5 Å². The van der Waals surface area contributed by atoms with Gasteiger partial charge >= 0.3 is 0 Å². The van der Waals surface area contributed by atoms with E-state index in [0.717, 1.165) is 16.2 Å². The zero-order valence-electron chi connectivity index (χ0n) is 11.4. The van der Waals surface area contributed by atoms with Crippen LogP contribution < -0.4 is 4.90 Å². The highest BCUT2D eigenvalue weighted by molar-refractivity contribution is 9.10. The standard InChI is InChI=1S/C13H20BrN3S/c1-13(2,3)12-15-10(14)7-11(16-12)17(4)9-5-6-18-8-9/h7,9H,5-6,8H2,1-4H3. The fourth-order valence-corrected chi connectivity index (χ4v) is 3.58. The van der Waals surface area contributed by atoms with Crippen molar-refractivity contribution in [2.24, 2.45) is 0 Å². The van der Waals surface area contributed by atoms with E-state index in [-0.39, 0.29) is 5.41 Å². The minimum absolute atomic E-state index is 0.0240. The average molecular weight is 330 g/mol. The van der Waals surface area contributed by atoms with Crippen molar-refractivity contribution in [3.8, 4) is 0 Å². The molecule has 18 heavy (non-hydrogen) atoms. The number of aromatic nitrogens is 2. The van der Waals surface area contributed by atoms with Crippen LogP contribution in [0, 0.1) is 0 Å². The smallest absolute Gasteiger partial charge is 0.137 e. The molecule has 2 heterocycles. The molecule has 1 aromatic rings. The van der Waals surface area contributed by atoms with E-state index in [9.17, 15) is 0 Å². The zero-order chi connectivity index (χ0) is 13.3. The van der Waals surface area contributed by atoms with E-state index in [1.165, 1.54) is 17.9 Å². The molecule has 1 atom stereocenters. The summed E-state index contributed by atoms with van der Waals surface area (Å²) >= 11 is 5.52. The second-order valence-electron chi connectivity index (χ2n) is 5.75. The molecule has 0 radical (unpaired) electrons. The maximum absolute atomic E-state index is 4.72. The van der Waals surface area contributed by atoms with Gasteiger partial charge in [0.25, 0.3) is 0 Å². The Bertz CT molecular complexity index is 425. The van der Waals surface area contributed by atoms with E-state index in [1.807, 2.05) is 17.8 Å². The van der Waals surface area contributed by atoms with Gasteiger partial charge < -0.3 is 4.90 Å². The lowest BCUT2D eigenvalue weighted by molar-refractivity contribution is 0.541. The Kier molecular flexibility index (Phi) is 4.22. The molecule has 0 aliphatic carbocycles. The topological polar surface area (TPSA) is 29.0 Å². The van der Waals surface area contributed by atoms with Crippen LogP contribution in [0.25, 0.3) is 0 Å². The molecule has 0 amide bonds. The molecule has 1 aliphatic heterocycles. The number of nitrogens with zero attached hydrogens (tertiary/aromatic N) is 3. The van der Waals surface area contributed by atoms with Crippen LogP contribution in [0.15, 0.2) is 10.7 Å². The van der Waals surface area contributed by atoms with Gasteiger partial charge in [-0.05, 0) is 28.1 Å². The van der Waals surface area contributed by atoms with Gasteiger partial charge in [-0.3, -0.25) is 0 Å². The summed E-state index contributed by atoms with van der Waals surface area (Å²) < 4.78 is 0.870. The lowest BCUT2D eigenvalue weighted by atomic mass is 9.96. The third kappa shape index (κ3) is 3.18. The highest BCUT2D eigenvalue weighted by Crippen LogP contribution is 2.28. The Hall–Kier alpha value is -0.290. The molecular formula is C13H20BrN3S. The molecule has 0 spiro atoms. The van der Waals surface area contributed by atoms with Crippen molar-refractivity contribution in [1.29, 1.82) is 0 Å². The molecular weight excluding hydrogens is 310 g/mol. The molecule has 1 fully saturated rings. The van der Waals surface area contributed by atoms with Crippen molar-refractivity contribution in [3.05, 3.63) is 16.5 Å². The van der Waals surface area contributed by atoms with Crippen LogP contribution in [-0.4, -0.2) is 34.6 Å². The highest BCUT2D eigenvalue weighted by Gasteiger charge is 2.24. The number of hydrogen-bond donors (Lipinski definition) is 0. The number of rotatable bonds is 2. The normalized spacial score (nSPS) is 20.2. The second kappa shape index (κ2) is 5.37. The van der Waals surface area contributed by atoms with Crippen LogP contribution in [-0.2, 0) is 5.41 Å². The lowest BCUT2D eigenvalue weighted by Gasteiger charge is -2.26. The molecule has 0 saturated carbocycles. The molecule has 1 aliphatic rings. The van der Waals surface area contributed by atoms with Gasteiger partial charge in [0.2, 0.25) is 0 Å². The molecule has 2 rings (SSSR count). The molecule has 5 heteroatoms. The van der Waals surface area contributed by atoms with Crippen LogP contribution >= 0.6 is 27.7 Å². The monoisotopic (exact) mass is 329 g/mol. The van der Waals surface area contributed by atoms with Crippen LogP contribution in [0.5, 0.6) is 0 Å². The van der Waals surface area contributed by atoms with Crippen molar-refractivity contribution < 1.29 is 0 Å². The summed E-state index contributed by atoms with van der Waals surface area (Å²) in [6.45, 7) is 6.43. The molecule has 100 valence electrons. The van der Waals surface area contributed by atoms with Crippen molar-refractivity contribution in [2.75, 3.05) is 23.5 Å². The van der Waals surface area contributed by atoms with Gasteiger partial charge in [0, 0.05) is 30.3 Å². The first-order valence-corrected chi connectivity index (χ1v) is 8.18. The Balaban J connectivity index is 2.29. The maximum atomic E-state index is 4.72. The quantitative estimate of drug-likeness (QED) is 0.777. The minimum atomic E-state index is -0.0240. The average Bonchev–Trinajstić information content (AvgIpc) is 2.79. The SMILES string of the molecule is CN(c1cc(Br)nc(C(C)(C)C)n1)C1CCSC1. The first kappa shape index (κ1) is 14.1. The summed E-state index contributed by atoms with van der Waals surface area (Å²) in [6, 6.07) is 2.61. The predicted octanol–water partition coefficient (Wildman–Crippen LogP) is 3.48. The van der Waals surface area contributed by atoms with Gasteiger partial charge in [-0.15, -0.1) is 0 Å². The van der Waals surface area contributed by atoms with Crippen molar-refractivity contribution in [1.82, 2.24) is 9.97 Å². The van der Waals surface area contributed by atoms with Gasteiger partial charge in [0.1, 0.15) is 16.2 Å². The number of halogens is 1. The third-order valence-corrected chi connectivity index (χ3v) is 4.72. The van der Waals surface area contributed by atoms with E-state index in [2.05, 4.69) is 53.6 Å². The molecule has 3 nitrogen and oxygen atoms in total.